The van der Waals surface area contributed by atoms with E-state index in [9.17, 15) is 18.6 Å². The molecule has 0 aliphatic heterocycles. The topological polar surface area (TPSA) is 74.6 Å². The van der Waals surface area contributed by atoms with E-state index in [-0.39, 0.29) is 22.0 Å². The fourth-order valence-electron chi connectivity index (χ4n) is 2.44. The Morgan fingerprint density at radius 3 is 2.26 bits per heavy atom. The van der Waals surface area contributed by atoms with E-state index in [0.29, 0.717) is 0 Å². The molecule has 0 bridgehead atoms. The fraction of sp³-hybridized carbons (Fsp3) is 0.222. The number of hydrogen-bond donors (Lipinski definition) is 2. The molecule has 5 heteroatoms. The number of aliphatic hydroxyl groups excluding tert-OH is 1. The Morgan fingerprint density at radius 2 is 1.70 bits per heavy atom. The monoisotopic (exact) mass is 332 g/mol. The first-order valence-corrected chi connectivity index (χ1v) is 8.83. The molecule has 2 aromatic rings. The van der Waals surface area contributed by atoms with Crippen molar-refractivity contribution in [3.05, 3.63) is 72.8 Å². The van der Waals surface area contributed by atoms with E-state index in [4.69, 9.17) is 0 Å². The van der Waals surface area contributed by atoms with Gasteiger partial charge >= 0.3 is 0 Å². The summed E-state index contributed by atoms with van der Waals surface area (Å²) in [6, 6.07) is 14.4. The van der Waals surface area contributed by atoms with Crippen molar-refractivity contribution in [3.8, 4) is 5.75 Å². The van der Waals surface area contributed by atoms with Crippen LogP contribution in [-0.4, -0.2) is 24.4 Å². The normalized spacial score (nSPS) is 15.6. The number of para-hydroxylation sites is 1. The summed E-state index contributed by atoms with van der Waals surface area (Å²) in [6.45, 7) is 5.29. The van der Waals surface area contributed by atoms with Gasteiger partial charge in [0.2, 0.25) is 0 Å². The minimum Gasteiger partial charge on any atom is -0.508 e. The Bertz CT molecular complexity index is 784. The molecule has 0 amide bonds. The van der Waals surface area contributed by atoms with E-state index < -0.39 is 21.4 Å². The van der Waals surface area contributed by atoms with E-state index in [1.807, 2.05) is 0 Å². The minimum absolute atomic E-state index is 0.0785. The van der Waals surface area contributed by atoms with Crippen molar-refractivity contribution >= 4 is 9.84 Å². The first kappa shape index (κ1) is 17.2. The van der Waals surface area contributed by atoms with Gasteiger partial charge < -0.3 is 10.2 Å². The molecule has 0 fully saturated rings. The number of aromatic hydroxyl groups is 1. The maximum Gasteiger partial charge on any atom is 0.179 e. The fourth-order valence-corrected chi connectivity index (χ4v) is 4.28. The van der Waals surface area contributed by atoms with E-state index in [0.717, 1.165) is 0 Å². The zero-order valence-electron chi connectivity index (χ0n) is 12.9. The summed E-state index contributed by atoms with van der Waals surface area (Å²) < 4.78 is 25.2. The lowest BCUT2D eigenvalue weighted by Crippen LogP contribution is -2.32. The van der Waals surface area contributed by atoms with Crippen LogP contribution in [0.4, 0.5) is 0 Å². The van der Waals surface area contributed by atoms with E-state index >= 15 is 0 Å². The summed E-state index contributed by atoms with van der Waals surface area (Å²) in [4.78, 5) is 0.192. The molecule has 2 aromatic carbocycles. The van der Waals surface area contributed by atoms with E-state index in [1.54, 1.807) is 43.3 Å². The number of phenolic OH excluding ortho intramolecular Hbond substituents is 1. The van der Waals surface area contributed by atoms with E-state index in [2.05, 4.69) is 6.58 Å². The third kappa shape index (κ3) is 3.63. The highest BCUT2D eigenvalue weighted by Crippen LogP contribution is 2.40. The standard InChI is InChI=1S/C18H20O4S/c1-3-18(2,17(20)15-11-7-8-12-16(15)19)13-23(21,22)14-9-5-4-6-10-14/h3-12,17,19-20H,1,13H2,2H3/t17-,18+/m1/s1. The highest BCUT2D eigenvalue weighted by atomic mass is 32.2. The molecule has 0 spiro atoms. The van der Waals surface area contributed by atoms with Gasteiger partial charge in [-0.2, -0.15) is 0 Å². The van der Waals surface area contributed by atoms with Crippen molar-refractivity contribution in [2.75, 3.05) is 5.75 Å². The summed E-state index contributed by atoms with van der Waals surface area (Å²) in [5.41, 5.74) is -0.869. The zero-order chi connectivity index (χ0) is 17.1. The van der Waals surface area contributed by atoms with Gasteiger partial charge in [0.25, 0.3) is 0 Å². The molecule has 4 nitrogen and oxygen atoms in total. The number of aliphatic hydroxyl groups is 1. The molecular weight excluding hydrogens is 312 g/mol. The van der Waals surface area contributed by atoms with Gasteiger partial charge in [-0.15, -0.1) is 6.58 Å². The molecule has 0 aliphatic rings. The number of hydrogen-bond acceptors (Lipinski definition) is 4. The van der Waals surface area contributed by atoms with Gasteiger partial charge in [-0.3, -0.25) is 0 Å². The average Bonchev–Trinajstić information content (AvgIpc) is 2.55. The smallest absolute Gasteiger partial charge is 0.179 e. The third-order valence-electron chi connectivity index (χ3n) is 3.93. The minimum atomic E-state index is -3.61. The molecule has 0 aromatic heterocycles. The second-order valence-corrected chi connectivity index (χ2v) is 7.73. The molecular formula is C18H20O4S. The molecule has 0 unspecified atom stereocenters. The number of rotatable bonds is 6. The largest absolute Gasteiger partial charge is 0.508 e. The van der Waals surface area contributed by atoms with Gasteiger partial charge in [0, 0.05) is 11.0 Å². The van der Waals surface area contributed by atoms with Crippen molar-refractivity contribution in [1.29, 1.82) is 0 Å². The van der Waals surface area contributed by atoms with Crippen LogP contribution < -0.4 is 0 Å². The zero-order valence-corrected chi connectivity index (χ0v) is 13.7. The summed E-state index contributed by atoms with van der Waals surface area (Å²) in [5.74, 6) is -0.395. The summed E-state index contributed by atoms with van der Waals surface area (Å²) in [5, 5.41) is 20.5. The second kappa shape index (κ2) is 6.56. The average molecular weight is 332 g/mol. The highest BCUT2D eigenvalue weighted by Gasteiger charge is 2.37. The first-order valence-electron chi connectivity index (χ1n) is 7.17. The predicted molar refractivity (Wildman–Crippen MR) is 89.9 cm³/mol. The lowest BCUT2D eigenvalue weighted by Gasteiger charge is -2.31. The van der Waals surface area contributed by atoms with Crippen LogP contribution in [0.25, 0.3) is 0 Å². The highest BCUT2D eigenvalue weighted by molar-refractivity contribution is 7.91. The van der Waals surface area contributed by atoms with Gasteiger partial charge in [-0.25, -0.2) is 8.42 Å². The van der Waals surface area contributed by atoms with Crippen LogP contribution in [-0.2, 0) is 9.84 Å². The van der Waals surface area contributed by atoms with Crippen LogP contribution in [0.15, 0.2) is 72.1 Å². The lowest BCUT2D eigenvalue weighted by atomic mass is 9.82. The summed E-state index contributed by atoms with van der Waals surface area (Å²) in [6.07, 6.45) is 0.226. The third-order valence-corrected chi connectivity index (χ3v) is 5.92. The molecule has 0 aliphatic carbocycles. The molecule has 0 saturated carbocycles. The number of benzene rings is 2. The Morgan fingerprint density at radius 1 is 1.13 bits per heavy atom. The Kier molecular flexibility index (Phi) is 4.92. The molecule has 2 atom stereocenters. The van der Waals surface area contributed by atoms with E-state index in [1.165, 1.54) is 24.3 Å². The van der Waals surface area contributed by atoms with Gasteiger partial charge in [-0.05, 0) is 18.2 Å². The SMILES string of the molecule is C=C[C@@](C)(CS(=O)(=O)c1ccccc1)[C@H](O)c1ccccc1O. The maximum absolute atomic E-state index is 12.6. The number of phenols is 1. The van der Waals surface area contributed by atoms with Gasteiger partial charge in [0.05, 0.1) is 16.8 Å². The van der Waals surface area contributed by atoms with Gasteiger partial charge in [0.15, 0.2) is 9.84 Å². The van der Waals surface area contributed by atoms with Crippen LogP contribution in [0.2, 0.25) is 0 Å². The molecule has 122 valence electrons. The Hall–Kier alpha value is -2.11. The molecule has 2 rings (SSSR count). The van der Waals surface area contributed by atoms with Crippen molar-refractivity contribution < 1.29 is 18.6 Å². The number of sulfone groups is 1. The van der Waals surface area contributed by atoms with Crippen LogP contribution >= 0.6 is 0 Å². The first-order chi connectivity index (χ1) is 10.8. The predicted octanol–water partition coefficient (Wildman–Crippen LogP) is 3.09. The molecule has 23 heavy (non-hydrogen) atoms. The van der Waals surface area contributed by atoms with Crippen molar-refractivity contribution in [2.24, 2.45) is 5.41 Å². The van der Waals surface area contributed by atoms with Gasteiger partial charge in [0.1, 0.15) is 5.75 Å². The Balaban J connectivity index is 2.38. The maximum atomic E-state index is 12.6. The second-order valence-electron chi connectivity index (χ2n) is 5.74. The molecule has 0 radical (unpaired) electrons. The van der Waals surface area contributed by atoms with Crippen LogP contribution in [0.5, 0.6) is 5.75 Å². The summed E-state index contributed by atoms with van der Waals surface area (Å²) in [7, 11) is -3.61. The van der Waals surface area contributed by atoms with Crippen molar-refractivity contribution in [2.45, 2.75) is 17.9 Å². The lowest BCUT2D eigenvalue weighted by molar-refractivity contribution is 0.0816. The summed E-state index contributed by atoms with van der Waals surface area (Å²) >= 11 is 0. The van der Waals surface area contributed by atoms with Crippen LogP contribution in [0.3, 0.4) is 0 Å². The van der Waals surface area contributed by atoms with Crippen LogP contribution in [0, 0.1) is 5.41 Å². The molecule has 2 N–H and O–H groups in total. The quantitative estimate of drug-likeness (QED) is 0.797. The van der Waals surface area contributed by atoms with Crippen molar-refractivity contribution in [1.82, 2.24) is 0 Å². The molecule has 0 saturated heterocycles. The van der Waals surface area contributed by atoms with Crippen molar-refractivity contribution in [3.63, 3.8) is 0 Å². The van der Waals surface area contributed by atoms with Crippen LogP contribution in [0.1, 0.15) is 18.6 Å². The molecule has 0 heterocycles. The Labute approximate surface area is 136 Å². The van der Waals surface area contributed by atoms with Gasteiger partial charge in [-0.1, -0.05) is 49.4 Å².